The minimum absolute atomic E-state index is 0.0993. The molecule has 18 nitrogen and oxygen atoms in total. The van der Waals surface area contributed by atoms with Crippen LogP contribution in [0.15, 0.2) is 12.5 Å². The van der Waals surface area contributed by atoms with E-state index in [4.69, 9.17) is 19.3 Å². The minimum Gasteiger partial charge on any atom is -0.460 e. The summed E-state index contributed by atoms with van der Waals surface area (Å²) in [6.45, 7) is 9.42. The van der Waals surface area contributed by atoms with Crippen molar-refractivity contribution in [2.24, 2.45) is 5.14 Å². The van der Waals surface area contributed by atoms with Gasteiger partial charge in [-0.25, -0.2) is 19.7 Å². The van der Waals surface area contributed by atoms with Crippen molar-refractivity contribution in [1.82, 2.24) is 25.1 Å². The Labute approximate surface area is 247 Å². The van der Waals surface area contributed by atoms with E-state index < -0.39 is 76.7 Å². The Morgan fingerprint density at radius 1 is 1.12 bits per heavy atom. The highest BCUT2D eigenvalue weighted by Gasteiger charge is 2.45. The average molecular weight is 632 g/mol. The number of nitrogens with one attached hydrogen (secondary N) is 2. The maximum Gasteiger partial charge on any atom is 0.333 e. The third-order valence-electron chi connectivity index (χ3n) is 5.69. The number of rotatable bonds is 10. The number of hydrogen-bond donors (Lipinski definition) is 5. The first-order valence-corrected chi connectivity index (χ1v) is 14.6. The molecular formula is C24H37N7O11S. The van der Waals surface area contributed by atoms with Gasteiger partial charge in [-0.15, -0.1) is 5.10 Å². The standard InChI is InChI=1S/C24H37N7O11S/c1-23(2,3)41-15(32)8-7-12(21(35)42-24(4,5)6)28-22(36)29-19-16-13(9-27-30-19)31(11-26-16)20-18(34)17(33)14(40-20)10-39-43(25,37)38/h9,11-12,14,17-18,20,33-34H,7-8,10H2,1-6H3,(H2,25,37,38)(H2,28,29,30,36)/t12-,14+,17+,18+,20+/m0/s1. The van der Waals surface area contributed by atoms with Crippen molar-refractivity contribution in [3.8, 4) is 0 Å². The molecule has 0 aromatic carbocycles. The first kappa shape index (κ1) is 34.0. The zero-order valence-electron chi connectivity index (χ0n) is 24.5. The van der Waals surface area contributed by atoms with Gasteiger partial charge >= 0.3 is 28.3 Å². The number of carbonyl (C=O) groups is 3. The normalized spacial score (nSPS) is 21.8. The molecule has 3 heterocycles. The van der Waals surface area contributed by atoms with Crippen LogP contribution in [0.2, 0.25) is 0 Å². The van der Waals surface area contributed by atoms with Crippen LogP contribution in [0.5, 0.6) is 0 Å². The molecule has 2 amide bonds. The fourth-order valence-electron chi connectivity index (χ4n) is 3.99. The van der Waals surface area contributed by atoms with Crippen LogP contribution in [-0.2, 0) is 38.3 Å². The summed E-state index contributed by atoms with van der Waals surface area (Å²) >= 11 is 0. The van der Waals surface area contributed by atoms with E-state index in [0.717, 1.165) is 0 Å². The van der Waals surface area contributed by atoms with Crippen molar-refractivity contribution in [2.75, 3.05) is 11.9 Å². The largest absolute Gasteiger partial charge is 0.460 e. The van der Waals surface area contributed by atoms with E-state index >= 15 is 0 Å². The second-order valence-electron chi connectivity index (χ2n) is 11.7. The lowest BCUT2D eigenvalue weighted by Gasteiger charge is -2.25. The van der Waals surface area contributed by atoms with E-state index in [0.29, 0.717) is 0 Å². The summed E-state index contributed by atoms with van der Waals surface area (Å²) in [5.74, 6) is -1.47. The Hall–Kier alpha value is -3.49. The number of anilines is 1. The maximum atomic E-state index is 12.9. The van der Waals surface area contributed by atoms with Gasteiger partial charge in [0.05, 0.1) is 24.6 Å². The molecule has 1 fully saturated rings. The molecule has 6 N–H and O–H groups in total. The average Bonchev–Trinajstić information content (AvgIpc) is 3.39. The fraction of sp³-hybridized carbons (Fsp3) is 0.667. The number of aliphatic hydroxyl groups excluding tert-OH is 2. The fourth-order valence-corrected chi connectivity index (χ4v) is 4.32. The van der Waals surface area contributed by atoms with Gasteiger partial charge in [0.1, 0.15) is 41.1 Å². The van der Waals surface area contributed by atoms with Crippen LogP contribution in [0.1, 0.15) is 60.6 Å². The molecule has 2 aromatic heterocycles. The zero-order chi connectivity index (χ0) is 32.3. The number of aliphatic hydroxyl groups is 2. The molecule has 1 aliphatic heterocycles. The summed E-state index contributed by atoms with van der Waals surface area (Å²) in [5, 5.41) is 38.3. The molecule has 19 heteroatoms. The maximum absolute atomic E-state index is 12.9. The number of hydrogen-bond acceptors (Lipinski definition) is 14. The van der Waals surface area contributed by atoms with Crippen LogP contribution < -0.4 is 15.8 Å². The highest BCUT2D eigenvalue weighted by Crippen LogP contribution is 2.33. The molecule has 1 saturated heterocycles. The molecule has 2 aromatic rings. The molecule has 0 saturated carbocycles. The van der Waals surface area contributed by atoms with Crippen LogP contribution in [0.25, 0.3) is 11.0 Å². The Morgan fingerprint density at radius 2 is 1.77 bits per heavy atom. The Balaban J connectivity index is 1.76. The van der Waals surface area contributed by atoms with Gasteiger partial charge in [-0.1, -0.05) is 0 Å². The van der Waals surface area contributed by atoms with E-state index in [1.54, 1.807) is 41.5 Å². The van der Waals surface area contributed by atoms with Crippen LogP contribution in [-0.4, -0.2) is 98.5 Å². The first-order valence-electron chi connectivity index (χ1n) is 13.1. The molecule has 0 aliphatic carbocycles. The van der Waals surface area contributed by atoms with Gasteiger partial charge in [-0.3, -0.25) is 18.9 Å². The van der Waals surface area contributed by atoms with E-state index in [1.165, 1.54) is 17.1 Å². The second kappa shape index (κ2) is 13.0. The van der Waals surface area contributed by atoms with Crippen molar-refractivity contribution in [3.05, 3.63) is 12.5 Å². The number of imidazole rings is 1. The lowest BCUT2D eigenvalue weighted by Crippen LogP contribution is -2.46. The van der Waals surface area contributed by atoms with Gasteiger partial charge in [0, 0.05) is 6.42 Å². The number of esters is 2. The number of fused-ring (bicyclic) bond motifs is 1. The van der Waals surface area contributed by atoms with Gasteiger partial charge in [0.2, 0.25) is 0 Å². The summed E-state index contributed by atoms with van der Waals surface area (Å²) in [7, 11) is -4.32. The van der Waals surface area contributed by atoms with Crippen molar-refractivity contribution in [2.45, 2.75) is 96.2 Å². The zero-order valence-corrected chi connectivity index (χ0v) is 25.3. The Kier molecular flexibility index (Phi) is 10.3. The molecule has 0 bridgehead atoms. The van der Waals surface area contributed by atoms with E-state index in [2.05, 4.69) is 30.0 Å². The molecule has 43 heavy (non-hydrogen) atoms. The van der Waals surface area contributed by atoms with Crippen LogP contribution >= 0.6 is 0 Å². The number of nitrogens with zero attached hydrogens (tertiary/aromatic N) is 4. The third-order valence-corrected chi connectivity index (χ3v) is 6.15. The monoisotopic (exact) mass is 631 g/mol. The second-order valence-corrected chi connectivity index (χ2v) is 12.9. The lowest BCUT2D eigenvalue weighted by atomic mass is 10.1. The summed E-state index contributed by atoms with van der Waals surface area (Å²) < 4.78 is 44.2. The van der Waals surface area contributed by atoms with Gasteiger partial charge < -0.3 is 29.7 Å². The molecule has 3 rings (SSSR count). The predicted octanol–water partition coefficient (Wildman–Crippen LogP) is -0.381. The van der Waals surface area contributed by atoms with Crippen molar-refractivity contribution < 1.29 is 51.4 Å². The molecule has 0 unspecified atom stereocenters. The highest BCUT2D eigenvalue weighted by atomic mass is 32.2. The summed E-state index contributed by atoms with van der Waals surface area (Å²) in [5.41, 5.74) is -1.29. The van der Waals surface area contributed by atoms with E-state index in [9.17, 15) is 33.0 Å². The SMILES string of the molecule is CC(C)(C)OC(=O)CC[C@H](NC(=O)Nc1nncc2c1ncn2[C@@H]1O[C@H](COS(N)(=O)=O)[C@@H](O)[C@H]1O)C(=O)OC(C)(C)C. The number of carbonyl (C=O) groups excluding carboxylic acids is 3. The lowest BCUT2D eigenvalue weighted by molar-refractivity contribution is -0.158. The smallest absolute Gasteiger partial charge is 0.333 e. The molecule has 1 aliphatic rings. The van der Waals surface area contributed by atoms with Crippen LogP contribution in [0, 0.1) is 0 Å². The summed E-state index contributed by atoms with van der Waals surface area (Å²) in [6, 6.07) is -2.11. The number of ether oxygens (including phenoxy) is 3. The number of urea groups is 1. The Morgan fingerprint density at radius 3 is 2.37 bits per heavy atom. The molecule has 5 atom stereocenters. The minimum atomic E-state index is -4.32. The molecule has 0 radical (unpaired) electrons. The highest BCUT2D eigenvalue weighted by molar-refractivity contribution is 7.84. The van der Waals surface area contributed by atoms with E-state index in [1.807, 2.05) is 0 Å². The number of aromatic nitrogens is 4. The van der Waals surface area contributed by atoms with Gasteiger partial charge in [0.15, 0.2) is 12.0 Å². The van der Waals surface area contributed by atoms with Gasteiger partial charge in [-0.2, -0.15) is 13.5 Å². The van der Waals surface area contributed by atoms with E-state index in [-0.39, 0.29) is 29.7 Å². The van der Waals surface area contributed by atoms with Crippen LogP contribution in [0.3, 0.4) is 0 Å². The predicted molar refractivity (Wildman–Crippen MR) is 147 cm³/mol. The molecular weight excluding hydrogens is 594 g/mol. The van der Waals surface area contributed by atoms with Gasteiger partial charge in [0.25, 0.3) is 0 Å². The quantitative estimate of drug-likeness (QED) is 0.210. The van der Waals surface area contributed by atoms with Crippen LogP contribution in [0.4, 0.5) is 10.6 Å². The number of nitrogens with two attached hydrogens (primary N) is 1. The number of amides is 2. The third kappa shape index (κ3) is 9.76. The summed E-state index contributed by atoms with van der Waals surface area (Å²) in [4.78, 5) is 42.2. The first-order chi connectivity index (χ1) is 19.7. The molecule has 240 valence electrons. The topological polar surface area (TPSA) is 256 Å². The summed E-state index contributed by atoms with van der Waals surface area (Å²) in [6.07, 6.45) is -3.37. The van der Waals surface area contributed by atoms with Gasteiger partial charge in [-0.05, 0) is 48.0 Å². The van der Waals surface area contributed by atoms with Crippen molar-refractivity contribution in [3.63, 3.8) is 0 Å². The Bertz CT molecular complexity index is 1440. The van der Waals surface area contributed by atoms with Crippen molar-refractivity contribution >= 4 is 45.1 Å². The molecule has 0 spiro atoms. The van der Waals surface area contributed by atoms with Crippen molar-refractivity contribution in [1.29, 1.82) is 0 Å².